The second-order valence-electron chi connectivity index (χ2n) is 7.62. The zero-order chi connectivity index (χ0) is 24.1. The topological polar surface area (TPSA) is 132 Å². The summed E-state index contributed by atoms with van der Waals surface area (Å²) < 4.78 is 36.1. The summed E-state index contributed by atoms with van der Waals surface area (Å²) in [5.41, 5.74) is 0.188. The molecule has 0 radical (unpaired) electrons. The monoisotopic (exact) mass is 473 g/mol. The Morgan fingerprint density at radius 1 is 1.26 bits per heavy atom. The van der Waals surface area contributed by atoms with Gasteiger partial charge in [-0.3, -0.25) is 9.59 Å². The van der Waals surface area contributed by atoms with Crippen molar-refractivity contribution in [3.05, 3.63) is 64.0 Å². The fourth-order valence-corrected chi connectivity index (χ4v) is 3.44. The summed E-state index contributed by atoms with van der Waals surface area (Å²) in [7, 11) is 1.55. The molecular weight excluding hydrogens is 449 g/mol. The van der Waals surface area contributed by atoms with Crippen molar-refractivity contribution in [2.24, 2.45) is 0 Å². The molecule has 2 aromatic carbocycles. The highest BCUT2D eigenvalue weighted by atomic mass is 19.1. The van der Waals surface area contributed by atoms with E-state index in [0.29, 0.717) is 5.75 Å². The molecule has 0 saturated carbocycles. The van der Waals surface area contributed by atoms with Crippen LogP contribution < -0.4 is 20.3 Å². The van der Waals surface area contributed by atoms with E-state index in [2.05, 4.69) is 15.3 Å². The van der Waals surface area contributed by atoms with Crippen LogP contribution in [0.3, 0.4) is 0 Å². The van der Waals surface area contributed by atoms with E-state index in [-0.39, 0.29) is 55.4 Å². The quantitative estimate of drug-likeness (QED) is 0.444. The van der Waals surface area contributed by atoms with Crippen LogP contribution in [0.25, 0.3) is 10.9 Å². The maximum absolute atomic E-state index is 14.5. The van der Waals surface area contributed by atoms with Gasteiger partial charge in [0.1, 0.15) is 30.0 Å². The van der Waals surface area contributed by atoms with Gasteiger partial charge in [-0.15, -0.1) is 0 Å². The highest BCUT2D eigenvalue weighted by molar-refractivity contribution is 5.93. The molecule has 1 fully saturated rings. The van der Waals surface area contributed by atoms with Crippen molar-refractivity contribution in [1.82, 2.24) is 15.3 Å². The Morgan fingerprint density at radius 3 is 2.79 bits per heavy atom. The number of rotatable bonds is 8. The van der Waals surface area contributed by atoms with E-state index in [1.165, 1.54) is 6.07 Å². The van der Waals surface area contributed by atoms with Crippen molar-refractivity contribution in [2.75, 3.05) is 33.5 Å². The number of methoxy groups -OCH3 is 1. The Bertz CT molecular complexity index is 1220. The lowest BCUT2D eigenvalue weighted by molar-refractivity contribution is -0.153. The molecule has 0 bridgehead atoms. The molecule has 3 aromatic rings. The number of halogens is 1. The van der Waals surface area contributed by atoms with Crippen LogP contribution in [0.15, 0.2) is 41.2 Å². The predicted molar refractivity (Wildman–Crippen MR) is 119 cm³/mol. The van der Waals surface area contributed by atoms with Gasteiger partial charge in [-0.2, -0.15) is 0 Å². The molecule has 10 nitrogen and oxygen atoms in total. The van der Waals surface area contributed by atoms with Crippen LogP contribution >= 0.6 is 0 Å². The largest absolute Gasteiger partial charge is 0.497 e. The van der Waals surface area contributed by atoms with Crippen LogP contribution in [-0.4, -0.2) is 66.7 Å². The number of benzene rings is 2. The van der Waals surface area contributed by atoms with Crippen LogP contribution in [0.5, 0.6) is 11.5 Å². The normalized spacial score (nSPS) is 18.0. The average Bonchev–Trinajstić information content (AvgIpc) is 2.87. The van der Waals surface area contributed by atoms with E-state index in [9.17, 15) is 14.0 Å². The summed E-state index contributed by atoms with van der Waals surface area (Å²) in [6, 6.07) is 9.58. The number of hydrogen-bond acceptors (Lipinski definition) is 8. The van der Waals surface area contributed by atoms with Gasteiger partial charge in [0.05, 0.1) is 32.4 Å². The number of aliphatic hydroxyl groups is 1. The first kappa shape index (κ1) is 23.6. The molecule has 4 rings (SSSR count). The number of hydrogen-bond donors (Lipinski definition) is 3. The third kappa shape index (κ3) is 5.33. The summed E-state index contributed by atoms with van der Waals surface area (Å²) in [5, 5.41) is 11.6. The van der Waals surface area contributed by atoms with Crippen LogP contribution in [0.2, 0.25) is 0 Å². The highest BCUT2D eigenvalue weighted by Crippen LogP contribution is 2.26. The Balaban J connectivity index is 1.49. The Morgan fingerprint density at radius 2 is 2.06 bits per heavy atom. The number of aromatic amines is 1. The summed E-state index contributed by atoms with van der Waals surface area (Å²) in [5.74, 6) is -1.20. The summed E-state index contributed by atoms with van der Waals surface area (Å²) in [6.07, 6.45) is -0.905. The highest BCUT2D eigenvalue weighted by Gasteiger charge is 2.24. The average molecular weight is 473 g/mol. The van der Waals surface area contributed by atoms with E-state index < -0.39 is 29.5 Å². The lowest BCUT2D eigenvalue weighted by Crippen LogP contribution is -2.40. The lowest BCUT2D eigenvalue weighted by atomic mass is 10.2. The molecule has 0 spiro atoms. The van der Waals surface area contributed by atoms with Crippen molar-refractivity contribution in [3.63, 3.8) is 0 Å². The molecule has 1 aliphatic rings. The molecule has 1 aliphatic heterocycles. The van der Waals surface area contributed by atoms with E-state index in [0.717, 1.165) is 11.6 Å². The Labute approximate surface area is 193 Å². The molecule has 2 heterocycles. The Kier molecular flexibility index (Phi) is 7.36. The first-order valence-electron chi connectivity index (χ1n) is 10.6. The van der Waals surface area contributed by atoms with E-state index in [1.54, 1.807) is 25.3 Å². The predicted octanol–water partition coefficient (Wildman–Crippen LogP) is 1.16. The summed E-state index contributed by atoms with van der Waals surface area (Å²) in [6.45, 7) is 0.289. The minimum Gasteiger partial charge on any atom is -0.497 e. The van der Waals surface area contributed by atoms with Gasteiger partial charge in [-0.1, -0.05) is 12.1 Å². The van der Waals surface area contributed by atoms with E-state index in [1.807, 2.05) is 6.07 Å². The maximum atomic E-state index is 14.5. The molecule has 1 amide bonds. The van der Waals surface area contributed by atoms with Gasteiger partial charge < -0.3 is 34.4 Å². The number of ether oxygens (including phenoxy) is 4. The number of fused-ring (bicyclic) bond motifs is 1. The smallest absolute Gasteiger partial charge is 0.287 e. The van der Waals surface area contributed by atoms with Crippen molar-refractivity contribution in [3.8, 4) is 11.5 Å². The number of nitrogens with one attached hydrogen (secondary N) is 2. The van der Waals surface area contributed by atoms with Crippen LogP contribution in [0.1, 0.15) is 16.2 Å². The third-order valence-electron chi connectivity index (χ3n) is 5.23. The van der Waals surface area contributed by atoms with Crippen LogP contribution in [-0.2, 0) is 16.0 Å². The van der Waals surface area contributed by atoms with Gasteiger partial charge in [0.2, 0.25) is 0 Å². The van der Waals surface area contributed by atoms with Crippen molar-refractivity contribution >= 4 is 16.8 Å². The molecule has 0 aliphatic carbocycles. The van der Waals surface area contributed by atoms with E-state index in [4.69, 9.17) is 24.1 Å². The molecule has 1 aromatic heterocycles. The summed E-state index contributed by atoms with van der Waals surface area (Å²) >= 11 is 0. The second kappa shape index (κ2) is 10.6. The van der Waals surface area contributed by atoms with Gasteiger partial charge in [0.25, 0.3) is 11.5 Å². The number of aliphatic hydroxyl groups excluding tert-OH is 1. The molecule has 180 valence electrons. The molecule has 34 heavy (non-hydrogen) atoms. The number of aromatic nitrogens is 2. The Hall–Kier alpha value is -3.54. The number of carbonyl (C=O) groups excluding carboxylic acids is 1. The zero-order valence-electron chi connectivity index (χ0n) is 18.4. The van der Waals surface area contributed by atoms with Crippen LogP contribution in [0, 0.1) is 5.82 Å². The van der Waals surface area contributed by atoms with Gasteiger partial charge >= 0.3 is 0 Å². The lowest BCUT2D eigenvalue weighted by Gasteiger charge is -2.28. The van der Waals surface area contributed by atoms with Crippen molar-refractivity contribution in [1.29, 1.82) is 0 Å². The summed E-state index contributed by atoms with van der Waals surface area (Å²) in [4.78, 5) is 31.9. The fraction of sp³-hybridized carbons (Fsp3) is 0.348. The molecule has 1 saturated heterocycles. The third-order valence-corrected chi connectivity index (χ3v) is 5.23. The standard InChI is InChI=1S/C23H24FN3O7/c1-31-14-4-2-3-13(7-14)8-25-23(30)21-26-18-6-5-17(24)20(19(18)22(29)27-21)34-12-16-11-32-15(9-28)10-33-16/h2-7,15-16,28H,8-12H2,1H3,(H,25,30)(H,26,27,29). The van der Waals surface area contributed by atoms with Crippen molar-refractivity contribution < 1.29 is 33.2 Å². The first-order valence-corrected chi connectivity index (χ1v) is 10.6. The second-order valence-corrected chi connectivity index (χ2v) is 7.62. The van der Waals surface area contributed by atoms with Gasteiger partial charge in [0.15, 0.2) is 17.4 Å². The minimum absolute atomic E-state index is 0.0730. The van der Waals surface area contributed by atoms with Gasteiger partial charge in [0, 0.05) is 6.54 Å². The number of carbonyl (C=O) groups is 1. The molecule has 2 unspecified atom stereocenters. The molecule has 11 heteroatoms. The van der Waals surface area contributed by atoms with Gasteiger partial charge in [-0.05, 0) is 29.8 Å². The maximum Gasteiger partial charge on any atom is 0.287 e. The van der Waals surface area contributed by atoms with Crippen molar-refractivity contribution in [2.45, 2.75) is 18.8 Å². The molecule has 2 atom stereocenters. The van der Waals surface area contributed by atoms with E-state index >= 15 is 0 Å². The molecule has 3 N–H and O–H groups in total. The number of amides is 1. The number of H-pyrrole nitrogens is 1. The van der Waals surface area contributed by atoms with Crippen LogP contribution in [0.4, 0.5) is 4.39 Å². The SMILES string of the molecule is COc1cccc(CNC(=O)c2nc3ccc(F)c(OCC4COC(CO)CO4)c3c(=O)[nH]2)c1. The first-order chi connectivity index (χ1) is 16.5. The number of nitrogens with zero attached hydrogens (tertiary/aromatic N) is 1. The van der Waals surface area contributed by atoms with Gasteiger partial charge in [-0.25, -0.2) is 9.37 Å². The molecular formula is C23H24FN3O7. The minimum atomic E-state index is -0.750. The fourth-order valence-electron chi connectivity index (χ4n) is 3.44. The zero-order valence-corrected chi connectivity index (χ0v) is 18.4.